The van der Waals surface area contributed by atoms with Gasteiger partial charge in [0.2, 0.25) is 15.8 Å². The molecule has 10 nitrogen and oxygen atoms in total. The number of aliphatic hydroxyl groups excluding tert-OH is 1. The van der Waals surface area contributed by atoms with Crippen molar-refractivity contribution in [2.45, 2.75) is 17.9 Å². The predicted molar refractivity (Wildman–Crippen MR) is 120 cm³/mol. The second-order valence-corrected chi connectivity index (χ2v) is 9.04. The second kappa shape index (κ2) is 9.43. The van der Waals surface area contributed by atoms with E-state index in [0.29, 0.717) is 5.69 Å². The normalized spacial score (nSPS) is 14.6. The average Bonchev–Trinajstić information content (AvgIpc) is 3.12. The van der Waals surface area contributed by atoms with Crippen molar-refractivity contribution in [3.8, 4) is 5.75 Å². The highest BCUT2D eigenvalue weighted by molar-refractivity contribution is 7.91. The Labute approximate surface area is 190 Å². The van der Waals surface area contributed by atoms with E-state index in [2.05, 4.69) is 20.6 Å². The van der Waals surface area contributed by atoms with Crippen molar-refractivity contribution < 1.29 is 27.8 Å². The fourth-order valence-electron chi connectivity index (χ4n) is 3.28. The molecule has 0 bridgehead atoms. The number of esters is 1. The van der Waals surface area contributed by atoms with Crippen molar-refractivity contribution in [2.24, 2.45) is 0 Å². The van der Waals surface area contributed by atoms with Crippen LogP contribution >= 0.6 is 0 Å². The number of aliphatic hydroxyl groups is 1. The summed E-state index contributed by atoms with van der Waals surface area (Å²) in [6, 6.07) is 13.3. The number of nitrogens with one attached hydrogen (secondary N) is 2. The molecule has 3 N–H and O–H groups in total. The van der Waals surface area contributed by atoms with Crippen LogP contribution in [0.3, 0.4) is 0 Å². The van der Waals surface area contributed by atoms with Crippen molar-refractivity contribution in [3.05, 3.63) is 65.9 Å². The topological polar surface area (TPSA) is 140 Å². The highest BCUT2D eigenvalue weighted by atomic mass is 32.2. The fourth-order valence-corrected chi connectivity index (χ4v) is 4.43. The molecule has 0 fully saturated rings. The summed E-state index contributed by atoms with van der Waals surface area (Å²) in [4.78, 5) is 21.1. The van der Waals surface area contributed by atoms with Crippen LogP contribution in [-0.4, -0.2) is 48.6 Å². The molecule has 0 saturated carbocycles. The van der Waals surface area contributed by atoms with E-state index in [4.69, 9.17) is 9.47 Å². The first-order valence-corrected chi connectivity index (χ1v) is 11.8. The SMILES string of the molecule is CCOC(=O)c1cnc(Nc2ccc3c(c2)S(=O)(=O)CO3)nc1N[C@H](CO)c1ccccc1. The highest BCUT2D eigenvalue weighted by Crippen LogP contribution is 2.34. The summed E-state index contributed by atoms with van der Waals surface area (Å²) in [5, 5.41) is 15.9. The molecule has 1 aliphatic heterocycles. The van der Waals surface area contributed by atoms with E-state index in [1.165, 1.54) is 12.3 Å². The first-order valence-electron chi connectivity index (χ1n) is 10.1. The van der Waals surface area contributed by atoms with Crippen LogP contribution in [0.5, 0.6) is 5.75 Å². The summed E-state index contributed by atoms with van der Waals surface area (Å²) in [5.74, 6) is -0.447. The maximum Gasteiger partial charge on any atom is 0.343 e. The number of sulfone groups is 1. The van der Waals surface area contributed by atoms with E-state index in [-0.39, 0.29) is 41.2 Å². The Hall–Kier alpha value is -3.70. The Morgan fingerprint density at radius 2 is 2.03 bits per heavy atom. The average molecular weight is 471 g/mol. The lowest BCUT2D eigenvalue weighted by atomic mass is 10.1. The zero-order valence-electron chi connectivity index (χ0n) is 17.7. The molecule has 33 heavy (non-hydrogen) atoms. The van der Waals surface area contributed by atoms with E-state index >= 15 is 0 Å². The van der Waals surface area contributed by atoms with E-state index in [0.717, 1.165) is 5.56 Å². The zero-order valence-corrected chi connectivity index (χ0v) is 18.5. The van der Waals surface area contributed by atoms with Gasteiger partial charge in [0.1, 0.15) is 22.0 Å². The molecule has 2 aromatic carbocycles. The van der Waals surface area contributed by atoms with Gasteiger partial charge in [0.05, 0.1) is 19.3 Å². The van der Waals surface area contributed by atoms with Crippen LogP contribution in [0.2, 0.25) is 0 Å². The molecule has 0 saturated heterocycles. The standard InChI is InChI=1S/C22H22N4O6S/c1-2-31-21(28)16-11-23-22(24-15-8-9-18-19(10-15)33(29,30)13-32-18)26-20(16)25-17(12-27)14-6-4-3-5-7-14/h3-11,17,27H,2,12-13H2,1H3,(H2,23,24,25,26)/t17-/m1/s1. The fraction of sp³-hybridized carbons (Fsp3) is 0.227. The number of anilines is 3. The quantitative estimate of drug-likeness (QED) is 0.421. The second-order valence-electron chi connectivity index (χ2n) is 7.13. The minimum atomic E-state index is -3.51. The molecule has 2 heterocycles. The van der Waals surface area contributed by atoms with Crippen LogP contribution in [0.1, 0.15) is 28.9 Å². The highest BCUT2D eigenvalue weighted by Gasteiger charge is 2.28. The molecule has 3 aromatic rings. The largest absolute Gasteiger partial charge is 0.476 e. The molecular weight excluding hydrogens is 448 g/mol. The Balaban J connectivity index is 1.66. The van der Waals surface area contributed by atoms with Gasteiger partial charge in [-0.3, -0.25) is 0 Å². The molecule has 0 spiro atoms. The number of nitrogens with zero attached hydrogens (tertiary/aromatic N) is 2. The van der Waals surface area contributed by atoms with E-state index < -0.39 is 27.8 Å². The summed E-state index contributed by atoms with van der Waals surface area (Å²) in [5.41, 5.74) is 1.33. The van der Waals surface area contributed by atoms with Crippen LogP contribution in [0.25, 0.3) is 0 Å². The number of hydrogen-bond acceptors (Lipinski definition) is 10. The molecule has 0 unspecified atom stereocenters. The number of carbonyl (C=O) groups is 1. The molecule has 172 valence electrons. The van der Waals surface area contributed by atoms with E-state index in [1.54, 1.807) is 19.1 Å². The van der Waals surface area contributed by atoms with Gasteiger partial charge in [0.25, 0.3) is 0 Å². The lowest BCUT2D eigenvalue weighted by Gasteiger charge is -2.19. The van der Waals surface area contributed by atoms with Crippen molar-refractivity contribution in [1.82, 2.24) is 9.97 Å². The minimum Gasteiger partial charge on any atom is -0.476 e. The first-order chi connectivity index (χ1) is 15.9. The maximum absolute atomic E-state index is 12.4. The molecule has 11 heteroatoms. The predicted octanol–water partition coefficient (Wildman–Crippen LogP) is 2.67. The Morgan fingerprint density at radius 1 is 1.24 bits per heavy atom. The van der Waals surface area contributed by atoms with Gasteiger partial charge in [-0.1, -0.05) is 30.3 Å². The van der Waals surface area contributed by atoms with Gasteiger partial charge in [0.15, 0.2) is 5.94 Å². The Bertz CT molecular complexity index is 1270. The minimum absolute atomic E-state index is 0.0819. The third-order valence-corrected chi connectivity index (χ3v) is 6.30. The van der Waals surface area contributed by atoms with Gasteiger partial charge >= 0.3 is 5.97 Å². The van der Waals surface area contributed by atoms with Crippen LogP contribution in [-0.2, 0) is 14.6 Å². The number of aromatic nitrogens is 2. The zero-order chi connectivity index (χ0) is 23.4. The van der Waals surface area contributed by atoms with Gasteiger partial charge in [-0.25, -0.2) is 18.2 Å². The maximum atomic E-state index is 12.4. The molecule has 1 aromatic heterocycles. The van der Waals surface area contributed by atoms with Crippen molar-refractivity contribution in [1.29, 1.82) is 0 Å². The molecule has 1 aliphatic rings. The first kappa shape index (κ1) is 22.5. The lowest BCUT2D eigenvalue weighted by Crippen LogP contribution is -2.19. The summed E-state index contributed by atoms with van der Waals surface area (Å²) < 4.78 is 34.5. The van der Waals surface area contributed by atoms with Gasteiger partial charge in [0, 0.05) is 11.9 Å². The smallest absolute Gasteiger partial charge is 0.343 e. The molecule has 4 rings (SSSR count). The molecule has 0 radical (unpaired) electrons. The van der Waals surface area contributed by atoms with Gasteiger partial charge in [-0.15, -0.1) is 0 Å². The van der Waals surface area contributed by atoms with E-state index in [9.17, 15) is 18.3 Å². The summed E-state index contributed by atoms with van der Waals surface area (Å²) in [7, 11) is -3.51. The van der Waals surface area contributed by atoms with Crippen LogP contribution in [0, 0.1) is 0 Å². The van der Waals surface area contributed by atoms with Crippen LogP contribution < -0.4 is 15.4 Å². The van der Waals surface area contributed by atoms with Crippen LogP contribution in [0.4, 0.5) is 17.5 Å². The molecular formula is C22H22N4O6S. The number of fused-ring (bicyclic) bond motifs is 1. The summed E-state index contributed by atoms with van der Waals surface area (Å²) in [6.45, 7) is 1.61. The van der Waals surface area contributed by atoms with E-state index in [1.807, 2.05) is 30.3 Å². The molecule has 0 amide bonds. The summed E-state index contributed by atoms with van der Waals surface area (Å²) >= 11 is 0. The van der Waals surface area contributed by atoms with Gasteiger partial charge in [-0.2, -0.15) is 4.98 Å². The number of benzene rings is 2. The number of carbonyl (C=O) groups excluding carboxylic acids is 1. The Morgan fingerprint density at radius 3 is 2.76 bits per heavy atom. The number of ether oxygens (including phenoxy) is 2. The third kappa shape index (κ3) is 4.89. The van der Waals surface area contributed by atoms with Crippen molar-refractivity contribution in [2.75, 3.05) is 29.8 Å². The van der Waals surface area contributed by atoms with Crippen molar-refractivity contribution >= 4 is 33.3 Å². The summed E-state index contributed by atoms with van der Waals surface area (Å²) in [6.07, 6.45) is 1.31. The van der Waals surface area contributed by atoms with Crippen LogP contribution in [0.15, 0.2) is 59.6 Å². The van der Waals surface area contributed by atoms with Crippen molar-refractivity contribution in [3.63, 3.8) is 0 Å². The van der Waals surface area contributed by atoms with Gasteiger partial charge in [-0.05, 0) is 30.7 Å². The molecule has 0 aliphatic carbocycles. The molecule has 1 atom stereocenters. The monoisotopic (exact) mass is 470 g/mol. The lowest BCUT2D eigenvalue weighted by molar-refractivity contribution is 0.0526. The van der Waals surface area contributed by atoms with Gasteiger partial charge < -0.3 is 25.2 Å². The third-order valence-electron chi connectivity index (χ3n) is 4.88. The number of hydrogen-bond donors (Lipinski definition) is 3. The Kier molecular flexibility index (Phi) is 6.43. The number of rotatable bonds is 8.